The molecule has 0 amide bonds. The zero-order valence-electron chi connectivity index (χ0n) is 9.73. The van der Waals surface area contributed by atoms with E-state index in [1.54, 1.807) is 12.5 Å². The fraction of sp³-hybridized carbons (Fsp3) is 0.286. The molecule has 0 saturated carbocycles. The Balaban J connectivity index is 2.33. The lowest BCUT2D eigenvalue weighted by atomic mass is 9.99. The first-order valence-electron chi connectivity index (χ1n) is 5.63. The van der Waals surface area contributed by atoms with Gasteiger partial charge in [0.1, 0.15) is 0 Å². The van der Waals surface area contributed by atoms with E-state index in [1.807, 2.05) is 6.07 Å². The zero-order valence-corrected chi connectivity index (χ0v) is 9.73. The summed E-state index contributed by atoms with van der Waals surface area (Å²) in [5.41, 5.74) is 3.74. The predicted molar refractivity (Wildman–Crippen MR) is 65.4 cm³/mol. The van der Waals surface area contributed by atoms with E-state index in [4.69, 9.17) is 4.42 Å². The SMILES string of the molecule is CCNC(c1ccoc1)c1cccc(C)c1. The maximum absolute atomic E-state index is 5.15. The molecule has 0 spiro atoms. The van der Waals surface area contributed by atoms with Crippen LogP contribution in [-0.2, 0) is 0 Å². The highest BCUT2D eigenvalue weighted by Gasteiger charge is 2.13. The molecule has 1 aromatic carbocycles. The van der Waals surface area contributed by atoms with Gasteiger partial charge in [0.25, 0.3) is 0 Å². The number of benzene rings is 1. The molecule has 2 heteroatoms. The number of rotatable bonds is 4. The van der Waals surface area contributed by atoms with Crippen molar-refractivity contribution in [2.75, 3.05) is 6.54 Å². The molecule has 0 radical (unpaired) electrons. The van der Waals surface area contributed by atoms with E-state index >= 15 is 0 Å². The van der Waals surface area contributed by atoms with Crippen molar-refractivity contribution in [1.82, 2.24) is 5.32 Å². The van der Waals surface area contributed by atoms with Gasteiger partial charge < -0.3 is 9.73 Å². The molecular weight excluding hydrogens is 198 g/mol. The van der Waals surface area contributed by atoms with Gasteiger partial charge in [-0.3, -0.25) is 0 Å². The minimum absolute atomic E-state index is 0.226. The van der Waals surface area contributed by atoms with Crippen molar-refractivity contribution in [3.63, 3.8) is 0 Å². The van der Waals surface area contributed by atoms with E-state index in [9.17, 15) is 0 Å². The number of nitrogens with one attached hydrogen (secondary N) is 1. The van der Waals surface area contributed by atoms with Crippen molar-refractivity contribution in [2.45, 2.75) is 19.9 Å². The molecule has 2 rings (SSSR count). The quantitative estimate of drug-likeness (QED) is 0.846. The standard InChI is InChI=1S/C14H17NO/c1-3-15-14(13-7-8-16-10-13)12-6-4-5-11(2)9-12/h4-10,14-15H,3H2,1-2H3. The van der Waals surface area contributed by atoms with Crippen molar-refractivity contribution in [3.05, 3.63) is 59.5 Å². The Morgan fingerprint density at radius 2 is 2.12 bits per heavy atom. The second-order valence-corrected chi connectivity index (χ2v) is 3.96. The zero-order chi connectivity index (χ0) is 11.4. The summed E-state index contributed by atoms with van der Waals surface area (Å²) < 4.78 is 5.15. The van der Waals surface area contributed by atoms with Crippen LogP contribution in [0, 0.1) is 6.92 Å². The third-order valence-corrected chi connectivity index (χ3v) is 2.66. The Morgan fingerprint density at radius 1 is 1.25 bits per heavy atom. The Morgan fingerprint density at radius 3 is 2.75 bits per heavy atom. The molecule has 0 aliphatic carbocycles. The van der Waals surface area contributed by atoms with Crippen LogP contribution in [0.2, 0.25) is 0 Å². The molecule has 84 valence electrons. The summed E-state index contributed by atoms with van der Waals surface area (Å²) in [6.45, 7) is 5.16. The highest BCUT2D eigenvalue weighted by Crippen LogP contribution is 2.22. The van der Waals surface area contributed by atoms with Crippen LogP contribution in [0.4, 0.5) is 0 Å². The van der Waals surface area contributed by atoms with Gasteiger partial charge in [-0.05, 0) is 25.1 Å². The first-order chi connectivity index (χ1) is 7.81. The van der Waals surface area contributed by atoms with Gasteiger partial charge in [0.2, 0.25) is 0 Å². The van der Waals surface area contributed by atoms with Gasteiger partial charge in [0, 0.05) is 5.56 Å². The monoisotopic (exact) mass is 215 g/mol. The van der Waals surface area contributed by atoms with Gasteiger partial charge in [-0.15, -0.1) is 0 Å². The second kappa shape index (κ2) is 4.99. The summed E-state index contributed by atoms with van der Waals surface area (Å²) in [5, 5.41) is 3.47. The van der Waals surface area contributed by atoms with Crippen LogP contribution in [0.25, 0.3) is 0 Å². The molecular formula is C14H17NO. The van der Waals surface area contributed by atoms with Crippen molar-refractivity contribution in [1.29, 1.82) is 0 Å². The summed E-state index contributed by atoms with van der Waals surface area (Å²) >= 11 is 0. The highest BCUT2D eigenvalue weighted by atomic mass is 16.3. The van der Waals surface area contributed by atoms with Crippen molar-refractivity contribution >= 4 is 0 Å². The number of hydrogen-bond donors (Lipinski definition) is 1. The Kier molecular flexibility index (Phi) is 3.42. The lowest BCUT2D eigenvalue weighted by molar-refractivity contribution is 0.553. The van der Waals surface area contributed by atoms with E-state index < -0.39 is 0 Å². The van der Waals surface area contributed by atoms with Crippen molar-refractivity contribution in [3.8, 4) is 0 Å². The van der Waals surface area contributed by atoms with Crippen molar-refractivity contribution < 1.29 is 4.42 Å². The largest absolute Gasteiger partial charge is 0.472 e. The van der Waals surface area contributed by atoms with Crippen LogP contribution in [0.1, 0.15) is 29.7 Å². The minimum Gasteiger partial charge on any atom is -0.472 e. The van der Waals surface area contributed by atoms with Crippen LogP contribution in [0.5, 0.6) is 0 Å². The average molecular weight is 215 g/mol. The van der Waals surface area contributed by atoms with Crippen molar-refractivity contribution in [2.24, 2.45) is 0 Å². The molecule has 1 atom stereocenters. The van der Waals surface area contributed by atoms with E-state index in [-0.39, 0.29) is 6.04 Å². The molecule has 1 heterocycles. The van der Waals surface area contributed by atoms with Crippen LogP contribution in [0.15, 0.2) is 47.3 Å². The maximum atomic E-state index is 5.15. The molecule has 1 unspecified atom stereocenters. The third kappa shape index (κ3) is 2.34. The van der Waals surface area contributed by atoms with E-state index in [0.29, 0.717) is 0 Å². The average Bonchev–Trinajstić information content (AvgIpc) is 2.79. The fourth-order valence-corrected chi connectivity index (χ4v) is 1.92. The Labute approximate surface area is 96.3 Å². The van der Waals surface area contributed by atoms with Gasteiger partial charge in [0.05, 0.1) is 18.6 Å². The molecule has 0 fully saturated rings. The first kappa shape index (κ1) is 11.0. The number of furan rings is 1. The summed E-state index contributed by atoms with van der Waals surface area (Å²) in [6, 6.07) is 10.8. The van der Waals surface area contributed by atoms with Gasteiger partial charge in [-0.2, -0.15) is 0 Å². The molecule has 1 aromatic heterocycles. The summed E-state index contributed by atoms with van der Waals surface area (Å²) in [5.74, 6) is 0. The normalized spacial score (nSPS) is 12.6. The lowest BCUT2D eigenvalue weighted by Gasteiger charge is -2.17. The third-order valence-electron chi connectivity index (χ3n) is 2.66. The smallest absolute Gasteiger partial charge is 0.0953 e. The van der Waals surface area contributed by atoms with E-state index in [1.165, 1.54) is 16.7 Å². The van der Waals surface area contributed by atoms with Crippen LogP contribution < -0.4 is 5.32 Å². The topological polar surface area (TPSA) is 25.2 Å². The van der Waals surface area contributed by atoms with Gasteiger partial charge in [-0.25, -0.2) is 0 Å². The highest BCUT2D eigenvalue weighted by molar-refractivity contribution is 5.32. The Bertz CT molecular complexity index is 434. The van der Waals surface area contributed by atoms with Gasteiger partial charge >= 0.3 is 0 Å². The molecule has 0 aliphatic heterocycles. The van der Waals surface area contributed by atoms with Crippen LogP contribution >= 0.6 is 0 Å². The Hall–Kier alpha value is -1.54. The number of aryl methyl sites for hydroxylation is 1. The predicted octanol–water partition coefficient (Wildman–Crippen LogP) is 3.29. The summed E-state index contributed by atoms with van der Waals surface area (Å²) in [7, 11) is 0. The fourth-order valence-electron chi connectivity index (χ4n) is 1.92. The van der Waals surface area contributed by atoms with Gasteiger partial charge in [-0.1, -0.05) is 36.8 Å². The maximum Gasteiger partial charge on any atom is 0.0953 e. The van der Waals surface area contributed by atoms with E-state index in [2.05, 4.69) is 43.4 Å². The van der Waals surface area contributed by atoms with Crippen LogP contribution in [0.3, 0.4) is 0 Å². The van der Waals surface area contributed by atoms with Gasteiger partial charge in [0.15, 0.2) is 0 Å². The second-order valence-electron chi connectivity index (χ2n) is 3.96. The molecule has 0 aliphatic rings. The first-order valence-corrected chi connectivity index (χ1v) is 5.63. The molecule has 0 bridgehead atoms. The molecule has 0 saturated heterocycles. The molecule has 2 aromatic rings. The molecule has 16 heavy (non-hydrogen) atoms. The minimum atomic E-state index is 0.226. The lowest BCUT2D eigenvalue weighted by Crippen LogP contribution is -2.21. The van der Waals surface area contributed by atoms with Crippen LogP contribution in [-0.4, -0.2) is 6.54 Å². The number of hydrogen-bond acceptors (Lipinski definition) is 2. The molecule has 2 nitrogen and oxygen atoms in total. The summed E-state index contributed by atoms with van der Waals surface area (Å²) in [6.07, 6.45) is 3.52. The van der Waals surface area contributed by atoms with E-state index in [0.717, 1.165) is 6.54 Å². The molecule has 1 N–H and O–H groups in total. The summed E-state index contributed by atoms with van der Waals surface area (Å²) in [4.78, 5) is 0.